The van der Waals surface area contributed by atoms with Crippen LogP contribution in [-0.2, 0) is 16.6 Å². The molecular weight excluding hydrogens is 512 g/mol. The van der Waals surface area contributed by atoms with Crippen molar-refractivity contribution in [3.05, 3.63) is 71.8 Å². The van der Waals surface area contributed by atoms with Gasteiger partial charge >= 0.3 is 0 Å². The third-order valence-corrected chi connectivity index (χ3v) is 7.22. The van der Waals surface area contributed by atoms with Crippen LogP contribution < -0.4 is 28.7 Å². The Morgan fingerprint density at radius 1 is 0.895 bits per heavy atom. The fourth-order valence-corrected chi connectivity index (χ4v) is 5.29. The fraction of sp³-hybridized carbons (Fsp3) is 0.296. The van der Waals surface area contributed by atoms with Crippen molar-refractivity contribution in [3.63, 3.8) is 0 Å². The van der Waals surface area contributed by atoms with Gasteiger partial charge < -0.3 is 18.9 Å². The number of methoxy groups -OCH3 is 1. The normalized spacial score (nSPS) is 11.0. The molecule has 0 aliphatic heterocycles. The van der Waals surface area contributed by atoms with Crippen LogP contribution in [0.25, 0.3) is 0 Å². The Kier molecular flexibility index (Phi) is 9.80. The minimum absolute atomic E-state index is 0.00748. The molecular formula is C27H32N2O8S. The third kappa shape index (κ3) is 6.12. The molecule has 0 saturated heterocycles. The maximum absolute atomic E-state index is 14.2. The minimum Gasteiger partial charge on any atom is -0.497 e. The van der Waals surface area contributed by atoms with Crippen molar-refractivity contribution in [2.75, 3.05) is 31.2 Å². The van der Waals surface area contributed by atoms with Crippen LogP contribution in [0.1, 0.15) is 36.7 Å². The molecule has 1 amide bonds. The number of hydrogen-bond donors (Lipinski definition) is 2. The zero-order valence-electron chi connectivity index (χ0n) is 21.8. The monoisotopic (exact) mass is 544 g/mol. The van der Waals surface area contributed by atoms with Crippen molar-refractivity contribution in [2.24, 2.45) is 0 Å². The molecule has 0 aliphatic carbocycles. The van der Waals surface area contributed by atoms with Crippen LogP contribution in [0.3, 0.4) is 0 Å². The van der Waals surface area contributed by atoms with Gasteiger partial charge in [-0.1, -0.05) is 30.3 Å². The highest BCUT2D eigenvalue weighted by molar-refractivity contribution is 7.92. The van der Waals surface area contributed by atoms with Crippen LogP contribution in [0.5, 0.6) is 23.0 Å². The molecule has 11 heteroatoms. The van der Waals surface area contributed by atoms with Gasteiger partial charge in [-0.15, -0.1) is 0 Å². The number of hydrogen-bond acceptors (Lipinski definition) is 8. The second-order valence-corrected chi connectivity index (χ2v) is 9.70. The Labute approximate surface area is 222 Å². The number of benzene rings is 3. The molecule has 0 radical (unpaired) electrons. The highest BCUT2D eigenvalue weighted by Crippen LogP contribution is 2.49. The van der Waals surface area contributed by atoms with Gasteiger partial charge in [0.15, 0.2) is 11.5 Å². The number of carbonyl (C=O) groups excluding carboxylic acids is 1. The lowest BCUT2D eigenvalue weighted by atomic mass is 10.1. The van der Waals surface area contributed by atoms with Crippen LogP contribution in [-0.4, -0.2) is 46.5 Å². The Bertz CT molecular complexity index is 1330. The summed E-state index contributed by atoms with van der Waals surface area (Å²) in [5, 5.41) is 9.58. The number of amides is 1. The summed E-state index contributed by atoms with van der Waals surface area (Å²) < 4.78 is 52.1. The lowest BCUT2D eigenvalue weighted by Gasteiger charge is -2.30. The van der Waals surface area contributed by atoms with E-state index in [4.69, 9.17) is 18.9 Å². The van der Waals surface area contributed by atoms with Crippen molar-refractivity contribution in [2.45, 2.75) is 32.2 Å². The maximum Gasteiger partial charge on any atom is 0.277 e. The van der Waals surface area contributed by atoms with Gasteiger partial charge in [0, 0.05) is 0 Å². The minimum atomic E-state index is -4.30. The van der Waals surface area contributed by atoms with Gasteiger partial charge in [-0.25, -0.2) is 13.9 Å². The molecule has 3 aromatic rings. The van der Waals surface area contributed by atoms with Crippen LogP contribution in [0.15, 0.2) is 65.6 Å². The van der Waals surface area contributed by atoms with Gasteiger partial charge in [0.1, 0.15) is 11.4 Å². The molecule has 3 aromatic carbocycles. The predicted octanol–water partition coefficient (Wildman–Crippen LogP) is 4.41. The summed E-state index contributed by atoms with van der Waals surface area (Å²) >= 11 is 0. The van der Waals surface area contributed by atoms with E-state index in [1.165, 1.54) is 37.4 Å². The van der Waals surface area contributed by atoms with Crippen LogP contribution in [0, 0.1) is 0 Å². The highest BCUT2D eigenvalue weighted by atomic mass is 32.2. The molecule has 204 valence electrons. The number of hydroxylamine groups is 1. The molecule has 0 saturated carbocycles. The molecule has 10 nitrogen and oxygen atoms in total. The first kappa shape index (κ1) is 28.6. The topological polar surface area (TPSA) is 124 Å². The zero-order valence-corrected chi connectivity index (χ0v) is 22.6. The first-order valence-corrected chi connectivity index (χ1v) is 13.5. The zero-order chi connectivity index (χ0) is 27.7. The molecule has 38 heavy (non-hydrogen) atoms. The first-order valence-electron chi connectivity index (χ1n) is 12.1. The molecule has 0 unspecified atom stereocenters. The standard InChI is InChI=1S/C27H32N2O8S/c1-5-35-23-17-22(27(30)28-31)24(26(37-7-3)25(23)36-6-2)29(18-19-11-9-8-10-12-19)38(32,33)21-15-13-20(34-4)14-16-21/h8-17,31H,5-7,18H2,1-4H3,(H,28,30). The fourth-order valence-electron chi connectivity index (χ4n) is 3.82. The van der Waals surface area contributed by atoms with E-state index in [1.54, 1.807) is 50.5 Å². The van der Waals surface area contributed by atoms with Crippen LogP contribution in [0.4, 0.5) is 5.69 Å². The second kappa shape index (κ2) is 13.0. The number of carbonyl (C=O) groups is 1. The van der Waals surface area contributed by atoms with Crippen molar-refractivity contribution in [3.8, 4) is 23.0 Å². The molecule has 0 spiro atoms. The summed E-state index contributed by atoms with van der Waals surface area (Å²) in [7, 11) is -2.82. The van der Waals surface area contributed by atoms with E-state index in [0.29, 0.717) is 11.3 Å². The Morgan fingerprint density at radius 3 is 2.05 bits per heavy atom. The number of ether oxygens (including phenoxy) is 4. The molecule has 0 atom stereocenters. The summed E-state index contributed by atoms with van der Waals surface area (Å²) in [6, 6.07) is 16.1. The van der Waals surface area contributed by atoms with Crippen molar-refractivity contribution in [1.29, 1.82) is 0 Å². The number of sulfonamides is 1. The molecule has 0 heterocycles. The van der Waals surface area contributed by atoms with E-state index >= 15 is 0 Å². The smallest absolute Gasteiger partial charge is 0.277 e. The molecule has 0 aliphatic rings. The molecule has 0 aromatic heterocycles. The summed E-state index contributed by atoms with van der Waals surface area (Å²) in [5.41, 5.74) is 1.96. The third-order valence-electron chi connectivity index (χ3n) is 5.46. The number of nitrogens with zero attached hydrogens (tertiary/aromatic N) is 1. The summed E-state index contributed by atoms with van der Waals surface area (Å²) in [6.07, 6.45) is 0. The van der Waals surface area contributed by atoms with E-state index in [1.807, 2.05) is 6.07 Å². The van der Waals surface area contributed by atoms with Gasteiger partial charge in [-0.2, -0.15) is 0 Å². The first-order chi connectivity index (χ1) is 18.3. The van der Waals surface area contributed by atoms with Crippen LogP contribution in [0.2, 0.25) is 0 Å². The van der Waals surface area contributed by atoms with Crippen molar-refractivity contribution < 1.29 is 37.4 Å². The van der Waals surface area contributed by atoms with Crippen molar-refractivity contribution in [1.82, 2.24) is 5.48 Å². The number of anilines is 1. The van der Waals surface area contributed by atoms with Gasteiger partial charge in [0.2, 0.25) is 5.75 Å². The largest absolute Gasteiger partial charge is 0.497 e. The van der Waals surface area contributed by atoms with Crippen LogP contribution >= 0.6 is 0 Å². The second-order valence-electron chi connectivity index (χ2n) is 7.84. The van der Waals surface area contributed by atoms with E-state index in [2.05, 4.69) is 0 Å². The van der Waals surface area contributed by atoms with Gasteiger partial charge in [-0.05, 0) is 56.7 Å². The van der Waals surface area contributed by atoms with E-state index < -0.39 is 15.9 Å². The van der Waals surface area contributed by atoms with E-state index in [-0.39, 0.29) is 59.8 Å². The van der Waals surface area contributed by atoms with E-state index in [9.17, 15) is 18.4 Å². The van der Waals surface area contributed by atoms with Crippen molar-refractivity contribution >= 4 is 21.6 Å². The quantitative estimate of drug-likeness (QED) is 0.240. The summed E-state index contributed by atoms with van der Waals surface area (Å²) in [6.45, 7) is 5.67. The lowest BCUT2D eigenvalue weighted by molar-refractivity contribution is 0.0706. The maximum atomic E-state index is 14.2. The Hall–Kier alpha value is -3.96. The van der Waals surface area contributed by atoms with Gasteiger partial charge in [-0.3, -0.25) is 14.3 Å². The molecule has 2 N–H and O–H groups in total. The predicted molar refractivity (Wildman–Crippen MR) is 142 cm³/mol. The Balaban J connectivity index is 2.41. The lowest BCUT2D eigenvalue weighted by Crippen LogP contribution is -2.34. The SMILES string of the molecule is CCOc1cc(C(=O)NO)c(N(Cc2ccccc2)S(=O)(=O)c2ccc(OC)cc2)c(OCC)c1OCC. The van der Waals surface area contributed by atoms with E-state index in [0.717, 1.165) is 4.31 Å². The average molecular weight is 545 g/mol. The molecule has 0 bridgehead atoms. The summed E-state index contributed by atoms with van der Waals surface area (Å²) in [4.78, 5) is 12.9. The molecule has 0 fully saturated rings. The van der Waals surface area contributed by atoms with Gasteiger partial charge in [0.05, 0.1) is 43.9 Å². The highest BCUT2D eigenvalue weighted by Gasteiger charge is 2.35. The molecule has 3 rings (SSSR count). The average Bonchev–Trinajstić information content (AvgIpc) is 2.93. The van der Waals surface area contributed by atoms with Gasteiger partial charge in [0.25, 0.3) is 15.9 Å². The number of rotatable bonds is 13. The summed E-state index contributed by atoms with van der Waals surface area (Å²) in [5.74, 6) is -0.168. The number of nitrogens with one attached hydrogen (secondary N) is 1. The Morgan fingerprint density at radius 2 is 1.50 bits per heavy atom.